The Morgan fingerprint density at radius 3 is 2.76 bits per heavy atom. The van der Waals surface area contributed by atoms with Gasteiger partial charge in [0.1, 0.15) is 6.04 Å². The standard InChI is InChI=1S/C15H20N2O4/c1-16-7-6-10-4-2-3-5-12(10)14(19)17-9-11(18)8-13(17)15(20)21/h2-5,11,13,16,18H,6-9H2,1H3,(H,20,21)/t11-,13-/m1/s1. The van der Waals surface area contributed by atoms with Crippen molar-refractivity contribution in [3.05, 3.63) is 35.4 Å². The predicted octanol–water partition coefficient (Wildman–Crippen LogP) is 0.108. The van der Waals surface area contributed by atoms with Gasteiger partial charge in [0.05, 0.1) is 6.10 Å². The summed E-state index contributed by atoms with van der Waals surface area (Å²) in [6.45, 7) is 0.797. The van der Waals surface area contributed by atoms with Gasteiger partial charge in [0.15, 0.2) is 0 Å². The molecule has 1 saturated heterocycles. The summed E-state index contributed by atoms with van der Waals surface area (Å²) in [6.07, 6.45) is -0.00808. The van der Waals surface area contributed by atoms with Crippen molar-refractivity contribution in [2.75, 3.05) is 20.1 Å². The molecule has 114 valence electrons. The smallest absolute Gasteiger partial charge is 0.326 e. The maximum atomic E-state index is 12.6. The van der Waals surface area contributed by atoms with Crippen LogP contribution in [0.4, 0.5) is 0 Å². The number of carbonyl (C=O) groups is 2. The van der Waals surface area contributed by atoms with E-state index in [1.54, 1.807) is 12.1 Å². The van der Waals surface area contributed by atoms with E-state index in [1.165, 1.54) is 4.90 Å². The Labute approximate surface area is 123 Å². The summed E-state index contributed by atoms with van der Waals surface area (Å²) in [5, 5.41) is 21.9. The van der Waals surface area contributed by atoms with Crippen LogP contribution in [0.25, 0.3) is 0 Å². The second kappa shape index (κ2) is 6.69. The fraction of sp³-hybridized carbons (Fsp3) is 0.467. The average Bonchev–Trinajstić information content (AvgIpc) is 2.87. The Balaban J connectivity index is 2.25. The Morgan fingerprint density at radius 1 is 1.38 bits per heavy atom. The number of carboxylic acid groups (broad SMARTS) is 1. The highest BCUT2D eigenvalue weighted by atomic mass is 16.4. The number of amides is 1. The number of hydrogen-bond donors (Lipinski definition) is 3. The number of nitrogens with zero attached hydrogens (tertiary/aromatic N) is 1. The van der Waals surface area contributed by atoms with Crippen molar-refractivity contribution < 1.29 is 19.8 Å². The zero-order valence-electron chi connectivity index (χ0n) is 12.0. The fourth-order valence-electron chi connectivity index (χ4n) is 2.63. The first-order valence-electron chi connectivity index (χ1n) is 6.99. The third-order valence-corrected chi connectivity index (χ3v) is 3.72. The maximum absolute atomic E-state index is 12.6. The Kier molecular flexibility index (Phi) is 4.93. The van der Waals surface area contributed by atoms with Gasteiger partial charge >= 0.3 is 5.97 Å². The van der Waals surface area contributed by atoms with E-state index in [4.69, 9.17) is 0 Å². The second-order valence-electron chi connectivity index (χ2n) is 5.21. The molecular formula is C15H20N2O4. The molecule has 6 heteroatoms. The highest BCUT2D eigenvalue weighted by Crippen LogP contribution is 2.22. The zero-order valence-corrected chi connectivity index (χ0v) is 12.0. The van der Waals surface area contributed by atoms with Crippen molar-refractivity contribution in [1.29, 1.82) is 0 Å². The minimum absolute atomic E-state index is 0.0656. The molecule has 2 rings (SSSR count). The molecule has 1 amide bonds. The molecule has 3 N–H and O–H groups in total. The van der Waals surface area contributed by atoms with Crippen LogP contribution in [-0.4, -0.2) is 59.3 Å². The van der Waals surface area contributed by atoms with E-state index in [2.05, 4.69) is 5.32 Å². The molecule has 1 aliphatic heterocycles. The van der Waals surface area contributed by atoms with Gasteiger partial charge in [-0.25, -0.2) is 4.79 Å². The van der Waals surface area contributed by atoms with Crippen molar-refractivity contribution in [3.63, 3.8) is 0 Å². The summed E-state index contributed by atoms with van der Waals surface area (Å²) in [6, 6.07) is 6.24. The van der Waals surface area contributed by atoms with Gasteiger partial charge in [0.2, 0.25) is 0 Å². The lowest BCUT2D eigenvalue weighted by Gasteiger charge is -2.22. The molecule has 0 aliphatic carbocycles. The van der Waals surface area contributed by atoms with E-state index >= 15 is 0 Å². The number of likely N-dealkylation sites (N-methyl/N-ethyl adjacent to an activating group) is 1. The minimum Gasteiger partial charge on any atom is -0.480 e. The third kappa shape index (κ3) is 3.40. The molecule has 21 heavy (non-hydrogen) atoms. The minimum atomic E-state index is -1.08. The Hall–Kier alpha value is -1.92. The summed E-state index contributed by atoms with van der Waals surface area (Å²) >= 11 is 0. The van der Waals surface area contributed by atoms with E-state index < -0.39 is 18.1 Å². The molecule has 0 radical (unpaired) electrons. The number of β-amino-alcohol motifs (C(OH)–C–C–N with tert-alkyl or cyclic N) is 1. The number of rotatable bonds is 5. The van der Waals surface area contributed by atoms with Crippen molar-refractivity contribution in [2.45, 2.75) is 25.0 Å². The first-order valence-corrected chi connectivity index (χ1v) is 6.99. The molecule has 0 aromatic heterocycles. The molecule has 0 saturated carbocycles. The number of nitrogens with one attached hydrogen (secondary N) is 1. The monoisotopic (exact) mass is 292 g/mol. The molecule has 1 heterocycles. The van der Waals surface area contributed by atoms with Gasteiger partial charge in [-0.15, -0.1) is 0 Å². The fourth-order valence-corrected chi connectivity index (χ4v) is 2.63. The van der Waals surface area contributed by atoms with Crippen LogP contribution in [0.2, 0.25) is 0 Å². The summed E-state index contributed by atoms with van der Waals surface area (Å²) in [7, 11) is 1.84. The number of carbonyl (C=O) groups excluding carboxylic acids is 1. The van der Waals surface area contributed by atoms with Crippen LogP contribution in [0.5, 0.6) is 0 Å². The first-order chi connectivity index (χ1) is 10.0. The van der Waals surface area contributed by atoms with E-state index in [1.807, 2.05) is 19.2 Å². The third-order valence-electron chi connectivity index (χ3n) is 3.72. The van der Waals surface area contributed by atoms with Gasteiger partial charge in [0, 0.05) is 18.5 Å². The van der Waals surface area contributed by atoms with Crippen LogP contribution >= 0.6 is 0 Å². The Morgan fingerprint density at radius 2 is 2.10 bits per heavy atom. The zero-order chi connectivity index (χ0) is 15.4. The van der Waals surface area contributed by atoms with Crippen LogP contribution < -0.4 is 5.32 Å². The topological polar surface area (TPSA) is 89.9 Å². The molecular weight excluding hydrogens is 272 g/mol. The van der Waals surface area contributed by atoms with E-state index in [0.29, 0.717) is 12.0 Å². The Bertz CT molecular complexity index is 532. The number of aliphatic hydroxyl groups excluding tert-OH is 1. The van der Waals surface area contributed by atoms with Gasteiger partial charge in [-0.3, -0.25) is 4.79 Å². The summed E-state index contributed by atoms with van der Waals surface area (Å²) in [5.41, 5.74) is 1.38. The van der Waals surface area contributed by atoms with Crippen molar-refractivity contribution in [1.82, 2.24) is 10.2 Å². The number of carboxylic acids is 1. The quantitative estimate of drug-likeness (QED) is 0.716. The number of benzene rings is 1. The SMILES string of the molecule is CNCCc1ccccc1C(=O)N1C[C@H](O)C[C@@H]1C(=O)O. The van der Waals surface area contributed by atoms with Crippen LogP contribution in [-0.2, 0) is 11.2 Å². The van der Waals surface area contributed by atoms with Crippen LogP contribution in [0.15, 0.2) is 24.3 Å². The van der Waals surface area contributed by atoms with Crippen molar-refractivity contribution in [3.8, 4) is 0 Å². The van der Waals surface area contributed by atoms with E-state index in [-0.39, 0.29) is 18.9 Å². The number of aliphatic carboxylic acids is 1. The van der Waals surface area contributed by atoms with Crippen molar-refractivity contribution in [2.24, 2.45) is 0 Å². The molecule has 0 spiro atoms. The molecule has 2 atom stereocenters. The highest BCUT2D eigenvalue weighted by molar-refractivity contribution is 5.98. The van der Waals surface area contributed by atoms with E-state index in [0.717, 1.165) is 12.1 Å². The molecule has 1 fully saturated rings. The molecule has 1 aromatic rings. The lowest BCUT2D eigenvalue weighted by Crippen LogP contribution is -2.41. The first kappa shape index (κ1) is 15.5. The summed E-state index contributed by atoms with van der Waals surface area (Å²) in [4.78, 5) is 25.1. The second-order valence-corrected chi connectivity index (χ2v) is 5.21. The van der Waals surface area contributed by atoms with Gasteiger partial charge < -0.3 is 20.4 Å². The molecule has 0 bridgehead atoms. The lowest BCUT2D eigenvalue weighted by atomic mass is 10.0. The molecule has 0 unspecified atom stereocenters. The molecule has 1 aromatic carbocycles. The number of likely N-dealkylation sites (tertiary alicyclic amines) is 1. The van der Waals surface area contributed by atoms with Gasteiger partial charge in [-0.05, 0) is 31.6 Å². The molecule has 6 nitrogen and oxygen atoms in total. The van der Waals surface area contributed by atoms with Crippen molar-refractivity contribution >= 4 is 11.9 Å². The maximum Gasteiger partial charge on any atom is 0.326 e. The van der Waals surface area contributed by atoms with Gasteiger partial charge in [-0.2, -0.15) is 0 Å². The van der Waals surface area contributed by atoms with Crippen LogP contribution in [0.1, 0.15) is 22.3 Å². The summed E-state index contributed by atoms with van der Waals surface area (Å²) in [5.74, 6) is -1.40. The van der Waals surface area contributed by atoms with Gasteiger partial charge in [-0.1, -0.05) is 18.2 Å². The average molecular weight is 292 g/mol. The van der Waals surface area contributed by atoms with Crippen LogP contribution in [0, 0.1) is 0 Å². The predicted molar refractivity (Wildman–Crippen MR) is 77.2 cm³/mol. The number of hydrogen-bond acceptors (Lipinski definition) is 4. The normalized spacial score (nSPS) is 21.5. The highest BCUT2D eigenvalue weighted by Gasteiger charge is 2.39. The van der Waals surface area contributed by atoms with E-state index in [9.17, 15) is 19.8 Å². The van der Waals surface area contributed by atoms with Crippen LogP contribution in [0.3, 0.4) is 0 Å². The van der Waals surface area contributed by atoms with Gasteiger partial charge in [0.25, 0.3) is 5.91 Å². The summed E-state index contributed by atoms with van der Waals surface area (Å²) < 4.78 is 0. The lowest BCUT2D eigenvalue weighted by molar-refractivity contribution is -0.141. The molecule has 1 aliphatic rings. The largest absolute Gasteiger partial charge is 0.480 e. The number of aliphatic hydroxyl groups is 1.